The van der Waals surface area contributed by atoms with Crippen LogP contribution < -0.4 is 44.7 Å². The molecule has 2 N–H and O–H groups in total. The number of hydrogen-bond acceptors (Lipinski definition) is 7. The monoisotopic (exact) mass is 386 g/mol. The summed E-state index contributed by atoms with van der Waals surface area (Å²) in [7, 11) is 0. The van der Waals surface area contributed by atoms with Crippen LogP contribution in [0.4, 0.5) is 0 Å². The fourth-order valence-electron chi connectivity index (χ4n) is 2.67. The molecule has 1 aromatic rings. The number of thioether (sulfide) groups is 1. The van der Waals surface area contributed by atoms with Crippen molar-refractivity contribution in [1.82, 2.24) is 10.2 Å². The maximum Gasteiger partial charge on any atom is 1.00 e. The third kappa shape index (κ3) is 4.07. The molecule has 1 aromatic carbocycles. The molecule has 1 fully saturated rings. The first kappa shape index (κ1) is 20.8. The summed E-state index contributed by atoms with van der Waals surface area (Å²) in [6.07, 6.45) is 0. The van der Waals surface area contributed by atoms with Crippen LogP contribution >= 0.6 is 11.8 Å². The topological polar surface area (TPSA) is 119 Å². The van der Waals surface area contributed by atoms with Crippen LogP contribution in [-0.2, 0) is 14.4 Å². The Labute approximate surface area is 175 Å². The number of β-lactam (4-membered cyclic amide) rings is 1. The van der Waals surface area contributed by atoms with E-state index in [-0.39, 0.29) is 53.2 Å². The molecule has 8 nitrogen and oxygen atoms in total. The Hall–Kier alpha value is -1.52. The summed E-state index contributed by atoms with van der Waals surface area (Å²) in [5.74, 6) is -1.76. The smallest absolute Gasteiger partial charge is 0.543 e. The second-order valence-corrected chi connectivity index (χ2v) is 6.56. The predicted octanol–water partition coefficient (Wildman–Crippen LogP) is -4.53. The number of aliphatic hydroxyl groups excluding tert-OH is 1. The van der Waals surface area contributed by atoms with Crippen LogP contribution in [0.5, 0.6) is 5.75 Å². The standard InChI is InChI=1S/C16H16N2O6S.Na/c19-6-9-8-25-15-12(14(21)18(15)13(9)16(22)23)17-11(20)7-24-10-4-2-1-3-5-10;/h1-5,12,15,19H,6-8H2,(H,17,20)(H,22,23);/q;+1/p-1/t12-,15+;/m0./s1. The van der Waals surface area contributed by atoms with E-state index >= 15 is 0 Å². The minimum atomic E-state index is -1.51. The van der Waals surface area contributed by atoms with E-state index in [2.05, 4.69) is 5.32 Å². The second kappa shape index (κ2) is 8.92. The zero-order chi connectivity index (χ0) is 18.0. The van der Waals surface area contributed by atoms with E-state index < -0.39 is 35.8 Å². The van der Waals surface area contributed by atoms with Gasteiger partial charge in [-0.3, -0.25) is 14.5 Å². The molecule has 26 heavy (non-hydrogen) atoms. The summed E-state index contributed by atoms with van der Waals surface area (Å²) in [6, 6.07) is 7.93. The minimum absolute atomic E-state index is 0. The van der Waals surface area contributed by atoms with Crippen molar-refractivity contribution in [3.8, 4) is 5.75 Å². The van der Waals surface area contributed by atoms with E-state index in [9.17, 15) is 24.6 Å². The largest absolute Gasteiger partial charge is 1.00 e. The molecule has 132 valence electrons. The first-order valence-corrected chi connectivity index (χ1v) is 8.54. The Kier molecular flexibility index (Phi) is 7.13. The molecule has 2 heterocycles. The van der Waals surface area contributed by atoms with Gasteiger partial charge in [-0.05, 0) is 17.7 Å². The predicted molar refractivity (Wildman–Crippen MR) is 86.1 cm³/mol. The van der Waals surface area contributed by atoms with Crippen molar-refractivity contribution in [2.45, 2.75) is 11.4 Å². The van der Waals surface area contributed by atoms with Crippen molar-refractivity contribution in [3.05, 3.63) is 41.6 Å². The van der Waals surface area contributed by atoms with Gasteiger partial charge in [0.1, 0.15) is 17.2 Å². The average molecular weight is 386 g/mol. The number of fused-ring (bicyclic) bond motifs is 1. The number of nitrogens with zero attached hydrogens (tertiary/aromatic N) is 1. The van der Waals surface area contributed by atoms with E-state index in [0.29, 0.717) is 5.75 Å². The van der Waals surface area contributed by atoms with Crippen LogP contribution in [0.1, 0.15) is 0 Å². The summed E-state index contributed by atoms with van der Waals surface area (Å²) in [4.78, 5) is 36.5. The van der Waals surface area contributed by atoms with Crippen molar-refractivity contribution >= 4 is 29.5 Å². The molecule has 0 aliphatic carbocycles. The minimum Gasteiger partial charge on any atom is -0.543 e. The molecule has 0 spiro atoms. The zero-order valence-corrected chi connectivity index (χ0v) is 16.8. The van der Waals surface area contributed by atoms with Crippen LogP contribution in [0.2, 0.25) is 0 Å². The van der Waals surface area contributed by atoms with Gasteiger partial charge in [0.25, 0.3) is 11.8 Å². The van der Waals surface area contributed by atoms with Gasteiger partial charge in [0.05, 0.1) is 18.3 Å². The van der Waals surface area contributed by atoms with Gasteiger partial charge < -0.3 is 25.1 Å². The summed E-state index contributed by atoms with van der Waals surface area (Å²) < 4.78 is 5.31. The maximum absolute atomic E-state index is 12.2. The number of para-hydroxylation sites is 1. The summed E-state index contributed by atoms with van der Waals surface area (Å²) in [5, 5.41) is 22.5. The zero-order valence-electron chi connectivity index (χ0n) is 14.0. The first-order chi connectivity index (χ1) is 12.0. The van der Waals surface area contributed by atoms with Crippen LogP contribution in [0.3, 0.4) is 0 Å². The fraction of sp³-hybridized carbons (Fsp3) is 0.312. The number of ether oxygens (including phenoxy) is 1. The van der Waals surface area contributed by atoms with Crippen LogP contribution in [-0.4, -0.2) is 58.2 Å². The Morgan fingerprint density at radius 2 is 2.04 bits per heavy atom. The van der Waals surface area contributed by atoms with E-state index in [1.165, 1.54) is 11.8 Å². The summed E-state index contributed by atoms with van der Waals surface area (Å²) >= 11 is 1.28. The van der Waals surface area contributed by atoms with E-state index in [1.807, 2.05) is 6.07 Å². The molecule has 0 radical (unpaired) electrons. The molecule has 10 heteroatoms. The van der Waals surface area contributed by atoms with Crippen molar-refractivity contribution in [2.75, 3.05) is 19.0 Å². The normalized spacial score (nSPS) is 21.3. The Morgan fingerprint density at radius 1 is 1.35 bits per heavy atom. The van der Waals surface area contributed by atoms with Crippen molar-refractivity contribution in [1.29, 1.82) is 0 Å². The number of amides is 2. The number of carbonyl (C=O) groups is 3. The van der Waals surface area contributed by atoms with Gasteiger partial charge in [-0.15, -0.1) is 11.8 Å². The molecular weight excluding hydrogens is 371 g/mol. The van der Waals surface area contributed by atoms with E-state index in [1.54, 1.807) is 24.3 Å². The number of carbonyl (C=O) groups excluding carboxylic acids is 3. The van der Waals surface area contributed by atoms with Gasteiger partial charge in [-0.2, -0.15) is 0 Å². The Balaban J connectivity index is 0.00000243. The molecule has 2 aliphatic rings. The van der Waals surface area contributed by atoms with E-state index in [4.69, 9.17) is 4.74 Å². The molecule has 1 saturated heterocycles. The molecule has 2 aliphatic heterocycles. The van der Waals surface area contributed by atoms with Crippen LogP contribution in [0.15, 0.2) is 41.6 Å². The Morgan fingerprint density at radius 3 is 2.65 bits per heavy atom. The van der Waals surface area contributed by atoms with Crippen molar-refractivity contribution < 1.29 is 58.9 Å². The third-order valence-electron chi connectivity index (χ3n) is 3.86. The van der Waals surface area contributed by atoms with Gasteiger partial charge in [0.15, 0.2) is 6.61 Å². The summed E-state index contributed by atoms with van der Waals surface area (Å²) in [6.45, 7) is -0.717. The van der Waals surface area contributed by atoms with Gasteiger partial charge in [0.2, 0.25) is 0 Å². The molecule has 0 unspecified atom stereocenters. The molecule has 2 amide bonds. The number of carboxylic acid groups (broad SMARTS) is 1. The average Bonchev–Trinajstić information content (AvgIpc) is 2.63. The quantitative estimate of drug-likeness (QED) is 0.373. The van der Waals surface area contributed by atoms with Gasteiger partial charge in [-0.1, -0.05) is 18.2 Å². The van der Waals surface area contributed by atoms with Gasteiger partial charge in [-0.25, -0.2) is 0 Å². The molecule has 0 bridgehead atoms. The SMILES string of the molecule is O=C(COc1ccccc1)N[C@H]1C(=O)N2C(C(=O)[O-])=C(CO)CS[C@H]12.[Na+]. The van der Waals surface area contributed by atoms with E-state index in [0.717, 1.165) is 4.90 Å². The van der Waals surface area contributed by atoms with Crippen LogP contribution in [0, 0.1) is 0 Å². The number of nitrogens with one attached hydrogen (secondary N) is 1. The number of benzene rings is 1. The van der Waals surface area contributed by atoms with Crippen molar-refractivity contribution in [2.24, 2.45) is 0 Å². The molecule has 0 saturated carbocycles. The van der Waals surface area contributed by atoms with Gasteiger partial charge >= 0.3 is 29.6 Å². The van der Waals surface area contributed by atoms with Crippen molar-refractivity contribution in [3.63, 3.8) is 0 Å². The maximum atomic E-state index is 12.2. The molecule has 2 atom stereocenters. The number of aliphatic hydroxyl groups is 1. The molecular formula is C16H15N2NaO6S. The number of hydrogen-bond donors (Lipinski definition) is 2. The second-order valence-electron chi connectivity index (χ2n) is 5.45. The summed E-state index contributed by atoms with van der Waals surface area (Å²) in [5.41, 5.74) is -0.0749. The number of rotatable bonds is 6. The molecule has 3 rings (SSSR count). The van der Waals surface area contributed by atoms with Gasteiger partial charge in [0, 0.05) is 5.75 Å². The molecule has 0 aromatic heterocycles. The fourth-order valence-corrected chi connectivity index (χ4v) is 4.01. The third-order valence-corrected chi connectivity index (χ3v) is 5.20. The number of carboxylic acids is 1. The Bertz CT molecular complexity index is 742. The first-order valence-electron chi connectivity index (χ1n) is 7.49. The number of aliphatic carboxylic acids is 1. The van der Waals surface area contributed by atoms with Crippen LogP contribution in [0.25, 0.3) is 0 Å².